The van der Waals surface area contributed by atoms with E-state index in [1.54, 1.807) is 30.5 Å². The lowest BCUT2D eigenvalue weighted by Crippen LogP contribution is -2.49. The summed E-state index contributed by atoms with van der Waals surface area (Å²) in [6.07, 6.45) is 2.77. The summed E-state index contributed by atoms with van der Waals surface area (Å²) >= 11 is 0. The molecule has 0 saturated carbocycles. The first-order valence-electron chi connectivity index (χ1n) is 7.52. The highest BCUT2D eigenvalue weighted by atomic mass is 32.2. The number of nitrogens with zero attached hydrogens (tertiary/aromatic N) is 1. The molecule has 0 aliphatic rings. The van der Waals surface area contributed by atoms with E-state index in [1.165, 1.54) is 24.5 Å². The summed E-state index contributed by atoms with van der Waals surface area (Å²) in [5.41, 5.74) is 3.62. The van der Waals surface area contributed by atoms with Crippen LogP contribution in [0.4, 0.5) is 4.39 Å². The van der Waals surface area contributed by atoms with Gasteiger partial charge in [-0.25, -0.2) is 18.3 Å². The van der Waals surface area contributed by atoms with Gasteiger partial charge in [0.25, 0.3) is 5.91 Å². The number of hydrogen-bond donors (Lipinski definition) is 2. The van der Waals surface area contributed by atoms with Gasteiger partial charge in [0.15, 0.2) is 9.84 Å². The highest BCUT2D eigenvalue weighted by Gasteiger charge is 2.43. The number of hydroxylamine groups is 1. The van der Waals surface area contributed by atoms with E-state index in [9.17, 15) is 17.6 Å². The smallest absolute Gasteiger partial charge is 0.264 e. The summed E-state index contributed by atoms with van der Waals surface area (Å²) in [6.45, 7) is 1.26. The molecule has 0 saturated heterocycles. The SMILES string of the molecule is CC(CCc1ccc(-c2ccc(F)cc2)cn1)(C(=O)NO)S(C)(=O)=O. The molecule has 6 nitrogen and oxygen atoms in total. The van der Waals surface area contributed by atoms with E-state index in [-0.39, 0.29) is 18.7 Å². The lowest BCUT2D eigenvalue weighted by molar-refractivity contribution is -0.131. The van der Waals surface area contributed by atoms with Crippen LogP contribution in [-0.2, 0) is 21.1 Å². The molecule has 1 aromatic carbocycles. The van der Waals surface area contributed by atoms with E-state index >= 15 is 0 Å². The minimum absolute atomic E-state index is 0.0267. The van der Waals surface area contributed by atoms with Crippen LogP contribution < -0.4 is 5.48 Å². The van der Waals surface area contributed by atoms with Gasteiger partial charge in [0.05, 0.1) is 0 Å². The number of nitrogens with one attached hydrogen (secondary N) is 1. The Morgan fingerprint density at radius 1 is 1.20 bits per heavy atom. The highest BCUT2D eigenvalue weighted by Crippen LogP contribution is 2.24. The van der Waals surface area contributed by atoms with Gasteiger partial charge in [-0.1, -0.05) is 18.2 Å². The van der Waals surface area contributed by atoms with Gasteiger partial charge in [0.2, 0.25) is 0 Å². The summed E-state index contributed by atoms with van der Waals surface area (Å²) in [5, 5.41) is 8.81. The number of amides is 1. The largest absolute Gasteiger partial charge is 0.289 e. The average Bonchev–Trinajstić information content (AvgIpc) is 2.59. The maximum absolute atomic E-state index is 13.0. The second kappa shape index (κ2) is 7.28. The molecule has 0 aliphatic heterocycles. The third kappa shape index (κ3) is 4.21. The molecule has 0 spiro atoms. The van der Waals surface area contributed by atoms with Crippen LogP contribution in [0.25, 0.3) is 11.1 Å². The van der Waals surface area contributed by atoms with Crippen molar-refractivity contribution in [2.45, 2.75) is 24.5 Å². The maximum Gasteiger partial charge on any atom is 0.264 e. The predicted octanol–water partition coefficient (Wildman–Crippen LogP) is 2.13. The first-order valence-corrected chi connectivity index (χ1v) is 9.41. The van der Waals surface area contributed by atoms with Crippen LogP contribution in [0.2, 0.25) is 0 Å². The molecule has 0 radical (unpaired) electrons. The van der Waals surface area contributed by atoms with Gasteiger partial charge >= 0.3 is 0 Å². The van der Waals surface area contributed by atoms with Crippen LogP contribution in [0, 0.1) is 5.82 Å². The van der Waals surface area contributed by atoms with E-state index < -0.39 is 20.5 Å². The third-order valence-corrected chi connectivity index (χ3v) is 6.29. The lowest BCUT2D eigenvalue weighted by atomic mass is 10.0. The van der Waals surface area contributed by atoms with Crippen molar-refractivity contribution in [3.05, 3.63) is 54.1 Å². The van der Waals surface area contributed by atoms with E-state index in [0.29, 0.717) is 5.69 Å². The minimum atomic E-state index is -3.74. The zero-order valence-corrected chi connectivity index (χ0v) is 14.7. The third-order valence-electron chi connectivity index (χ3n) is 4.26. The Bertz CT molecular complexity index is 851. The quantitative estimate of drug-likeness (QED) is 0.603. The Kier molecular flexibility index (Phi) is 5.54. The fourth-order valence-corrected chi connectivity index (χ4v) is 3.19. The molecule has 0 aliphatic carbocycles. The van der Waals surface area contributed by atoms with Crippen LogP contribution in [0.1, 0.15) is 19.0 Å². The van der Waals surface area contributed by atoms with Gasteiger partial charge in [-0.05, 0) is 43.5 Å². The topological polar surface area (TPSA) is 96.4 Å². The molecule has 0 bridgehead atoms. The molecule has 2 rings (SSSR count). The monoisotopic (exact) mass is 366 g/mol. The molecule has 1 amide bonds. The standard InChI is InChI=1S/C17H19FN2O4S/c1-17(16(21)20-22,25(2,23)24)10-9-15-8-5-13(11-19-15)12-3-6-14(18)7-4-12/h3-8,11,22H,9-10H2,1-2H3,(H,20,21). The number of carbonyl (C=O) groups excluding carboxylic acids is 1. The number of benzene rings is 1. The molecule has 0 fully saturated rings. The zero-order valence-electron chi connectivity index (χ0n) is 13.9. The molecule has 1 unspecified atom stereocenters. The first-order chi connectivity index (χ1) is 11.7. The Morgan fingerprint density at radius 3 is 2.28 bits per heavy atom. The summed E-state index contributed by atoms with van der Waals surface area (Å²) in [4.78, 5) is 16.0. The van der Waals surface area contributed by atoms with Crippen molar-refractivity contribution in [3.63, 3.8) is 0 Å². The number of carbonyl (C=O) groups is 1. The van der Waals surface area contributed by atoms with Gasteiger partial charge in [-0.3, -0.25) is 15.0 Å². The van der Waals surface area contributed by atoms with Gasteiger partial charge in [0.1, 0.15) is 10.6 Å². The lowest BCUT2D eigenvalue weighted by Gasteiger charge is -2.24. The average molecular weight is 366 g/mol. The van der Waals surface area contributed by atoms with E-state index in [1.807, 2.05) is 0 Å². The number of pyridine rings is 1. The van der Waals surface area contributed by atoms with Gasteiger partial charge in [-0.2, -0.15) is 0 Å². The fourth-order valence-electron chi connectivity index (χ4n) is 2.34. The molecule has 25 heavy (non-hydrogen) atoms. The second-order valence-corrected chi connectivity index (χ2v) is 8.43. The Balaban J connectivity index is 2.15. The van der Waals surface area contributed by atoms with Crippen LogP contribution in [0.5, 0.6) is 0 Å². The van der Waals surface area contributed by atoms with E-state index in [2.05, 4.69) is 4.98 Å². The first kappa shape index (κ1) is 19.0. The predicted molar refractivity (Wildman–Crippen MR) is 91.1 cm³/mol. The number of aromatic nitrogens is 1. The zero-order chi connectivity index (χ0) is 18.7. The minimum Gasteiger partial charge on any atom is -0.289 e. The van der Waals surface area contributed by atoms with Crippen molar-refractivity contribution in [1.29, 1.82) is 0 Å². The molecule has 1 atom stereocenters. The van der Waals surface area contributed by atoms with Crippen molar-refractivity contribution in [1.82, 2.24) is 10.5 Å². The van der Waals surface area contributed by atoms with Crippen molar-refractivity contribution in [2.24, 2.45) is 0 Å². The van der Waals surface area contributed by atoms with Crippen LogP contribution in [-0.4, -0.2) is 35.5 Å². The second-order valence-electron chi connectivity index (χ2n) is 5.99. The van der Waals surface area contributed by atoms with Crippen LogP contribution >= 0.6 is 0 Å². The summed E-state index contributed by atoms with van der Waals surface area (Å²) in [5.74, 6) is -1.30. The Labute approximate surface area is 145 Å². The summed E-state index contributed by atoms with van der Waals surface area (Å²) < 4.78 is 35.0. The molecular formula is C17H19FN2O4S. The fraction of sp³-hybridized carbons (Fsp3) is 0.294. The number of aryl methyl sites for hydroxylation is 1. The van der Waals surface area contributed by atoms with E-state index in [0.717, 1.165) is 17.4 Å². The molecule has 2 aromatic rings. The number of sulfone groups is 1. The van der Waals surface area contributed by atoms with Crippen molar-refractivity contribution < 1.29 is 22.8 Å². The molecule has 8 heteroatoms. The number of hydrogen-bond acceptors (Lipinski definition) is 5. The highest BCUT2D eigenvalue weighted by molar-refractivity contribution is 7.92. The van der Waals surface area contributed by atoms with Crippen molar-refractivity contribution >= 4 is 15.7 Å². The Morgan fingerprint density at radius 2 is 1.80 bits per heavy atom. The van der Waals surface area contributed by atoms with Gasteiger partial charge in [-0.15, -0.1) is 0 Å². The van der Waals surface area contributed by atoms with Gasteiger partial charge in [0, 0.05) is 23.7 Å². The summed E-state index contributed by atoms with van der Waals surface area (Å²) in [7, 11) is -3.74. The number of rotatable bonds is 6. The van der Waals surface area contributed by atoms with Gasteiger partial charge < -0.3 is 0 Å². The molecule has 1 heterocycles. The van der Waals surface area contributed by atoms with E-state index in [4.69, 9.17) is 5.21 Å². The molecule has 2 N–H and O–H groups in total. The van der Waals surface area contributed by atoms with Crippen LogP contribution in [0.3, 0.4) is 0 Å². The van der Waals surface area contributed by atoms with Crippen molar-refractivity contribution in [2.75, 3.05) is 6.26 Å². The summed E-state index contributed by atoms with van der Waals surface area (Å²) in [6, 6.07) is 9.50. The van der Waals surface area contributed by atoms with Crippen molar-refractivity contribution in [3.8, 4) is 11.1 Å². The molecule has 1 aromatic heterocycles. The molecular weight excluding hydrogens is 347 g/mol. The normalized spacial score (nSPS) is 13.9. The Hall–Kier alpha value is -2.32. The maximum atomic E-state index is 13.0. The molecule has 134 valence electrons. The number of halogens is 1. The van der Waals surface area contributed by atoms with Crippen LogP contribution in [0.15, 0.2) is 42.6 Å².